The van der Waals surface area contributed by atoms with Crippen molar-refractivity contribution in [3.05, 3.63) is 68.7 Å². The second-order valence-corrected chi connectivity index (χ2v) is 5.87. The van der Waals surface area contributed by atoms with Gasteiger partial charge in [0.15, 0.2) is 0 Å². The second kappa shape index (κ2) is 7.32. The van der Waals surface area contributed by atoms with Crippen molar-refractivity contribution in [2.45, 2.75) is 13.8 Å². The Kier molecular flexibility index (Phi) is 4.94. The Hall–Kier alpha value is -3.26. The standard InChI is InChI=1S/C17H14ClN5O3/c1-10-7-11(2)21-17(20-10)22-19-9-13-4-6-16(26-13)14-5-3-12(23(24)25)8-15(14)18/h3-9H,1-2H3,(H,20,21,22)/b19-9-. The van der Waals surface area contributed by atoms with Gasteiger partial charge in [-0.15, -0.1) is 0 Å². The van der Waals surface area contributed by atoms with Gasteiger partial charge in [0.05, 0.1) is 16.2 Å². The summed E-state index contributed by atoms with van der Waals surface area (Å²) in [5, 5.41) is 15.1. The lowest BCUT2D eigenvalue weighted by atomic mass is 10.1. The number of nitro benzene ring substituents is 1. The Bertz CT molecular complexity index is 980. The number of hydrogen-bond donors (Lipinski definition) is 1. The van der Waals surface area contributed by atoms with Gasteiger partial charge in [-0.2, -0.15) is 5.10 Å². The topological polar surface area (TPSA) is 106 Å². The van der Waals surface area contributed by atoms with Gasteiger partial charge >= 0.3 is 0 Å². The van der Waals surface area contributed by atoms with Crippen molar-refractivity contribution in [1.82, 2.24) is 9.97 Å². The fourth-order valence-electron chi connectivity index (χ4n) is 2.31. The number of hydrazone groups is 1. The molecule has 0 bridgehead atoms. The molecule has 3 aromatic rings. The lowest BCUT2D eigenvalue weighted by molar-refractivity contribution is -0.384. The minimum absolute atomic E-state index is 0.0789. The van der Waals surface area contributed by atoms with Crippen LogP contribution in [-0.4, -0.2) is 21.1 Å². The largest absolute Gasteiger partial charge is 0.455 e. The average molecular weight is 372 g/mol. The smallest absolute Gasteiger partial charge is 0.270 e. The highest BCUT2D eigenvalue weighted by Crippen LogP contribution is 2.32. The van der Waals surface area contributed by atoms with Crippen molar-refractivity contribution in [2.24, 2.45) is 5.10 Å². The molecule has 8 nitrogen and oxygen atoms in total. The van der Waals surface area contributed by atoms with Crippen LogP contribution in [0.3, 0.4) is 0 Å². The predicted octanol–water partition coefficient (Wildman–Crippen LogP) is 4.36. The molecular weight excluding hydrogens is 358 g/mol. The Balaban J connectivity index is 1.74. The first-order chi connectivity index (χ1) is 12.4. The number of nitro groups is 1. The van der Waals surface area contributed by atoms with Crippen LogP contribution in [0.1, 0.15) is 17.1 Å². The fourth-order valence-corrected chi connectivity index (χ4v) is 2.58. The van der Waals surface area contributed by atoms with Crippen LogP contribution in [0.25, 0.3) is 11.3 Å². The van der Waals surface area contributed by atoms with E-state index >= 15 is 0 Å². The molecule has 132 valence electrons. The number of aryl methyl sites for hydroxylation is 2. The fraction of sp³-hybridized carbons (Fsp3) is 0.118. The first-order valence-corrected chi connectivity index (χ1v) is 7.95. The second-order valence-electron chi connectivity index (χ2n) is 5.47. The van der Waals surface area contributed by atoms with Crippen molar-refractivity contribution < 1.29 is 9.34 Å². The molecular formula is C17H14ClN5O3. The highest BCUT2D eigenvalue weighted by atomic mass is 35.5. The molecule has 0 atom stereocenters. The van der Waals surface area contributed by atoms with Crippen LogP contribution >= 0.6 is 11.6 Å². The average Bonchev–Trinajstić information content (AvgIpc) is 3.02. The van der Waals surface area contributed by atoms with Crippen LogP contribution in [-0.2, 0) is 0 Å². The van der Waals surface area contributed by atoms with Gasteiger partial charge in [-0.1, -0.05) is 11.6 Å². The maximum Gasteiger partial charge on any atom is 0.270 e. The zero-order valence-corrected chi connectivity index (χ0v) is 14.7. The zero-order chi connectivity index (χ0) is 18.7. The normalized spacial score (nSPS) is 11.0. The number of nitrogens with zero attached hydrogens (tertiary/aromatic N) is 4. The van der Waals surface area contributed by atoms with Crippen molar-refractivity contribution in [2.75, 3.05) is 5.43 Å². The van der Waals surface area contributed by atoms with Crippen LogP contribution in [0, 0.1) is 24.0 Å². The number of anilines is 1. The van der Waals surface area contributed by atoms with Crippen LogP contribution in [0.4, 0.5) is 11.6 Å². The molecule has 26 heavy (non-hydrogen) atoms. The van der Waals surface area contributed by atoms with E-state index in [1.165, 1.54) is 18.3 Å². The van der Waals surface area contributed by atoms with Gasteiger partial charge in [-0.3, -0.25) is 10.1 Å². The molecule has 0 amide bonds. The van der Waals surface area contributed by atoms with Crippen LogP contribution in [0.15, 0.2) is 45.9 Å². The number of aromatic nitrogens is 2. The van der Waals surface area contributed by atoms with E-state index in [1.807, 2.05) is 19.9 Å². The first-order valence-electron chi connectivity index (χ1n) is 7.58. The van der Waals surface area contributed by atoms with E-state index < -0.39 is 4.92 Å². The van der Waals surface area contributed by atoms with Gasteiger partial charge in [-0.25, -0.2) is 15.4 Å². The number of halogens is 1. The van der Waals surface area contributed by atoms with Crippen LogP contribution in [0.2, 0.25) is 5.02 Å². The molecule has 9 heteroatoms. The molecule has 2 heterocycles. The summed E-state index contributed by atoms with van der Waals surface area (Å²) < 4.78 is 5.65. The van der Waals surface area contributed by atoms with E-state index in [-0.39, 0.29) is 10.7 Å². The third-order valence-corrected chi connectivity index (χ3v) is 3.71. The van der Waals surface area contributed by atoms with Crippen molar-refractivity contribution >= 4 is 29.5 Å². The minimum atomic E-state index is -0.503. The molecule has 0 aliphatic heterocycles. The first kappa shape index (κ1) is 17.6. The lowest BCUT2D eigenvalue weighted by Crippen LogP contribution is -1.99. The third-order valence-electron chi connectivity index (χ3n) is 3.39. The third kappa shape index (κ3) is 4.04. The molecule has 3 rings (SSSR count). The summed E-state index contributed by atoms with van der Waals surface area (Å²) in [4.78, 5) is 18.7. The maximum atomic E-state index is 10.8. The van der Waals surface area contributed by atoms with Gasteiger partial charge in [-0.05, 0) is 38.1 Å². The molecule has 1 N–H and O–H groups in total. The zero-order valence-electron chi connectivity index (χ0n) is 13.9. The van der Waals surface area contributed by atoms with Crippen LogP contribution in [0.5, 0.6) is 0 Å². The molecule has 0 fully saturated rings. The molecule has 0 saturated carbocycles. The number of rotatable bonds is 5. The summed E-state index contributed by atoms with van der Waals surface area (Å²) >= 11 is 6.10. The maximum absolute atomic E-state index is 10.8. The Morgan fingerprint density at radius 2 is 1.92 bits per heavy atom. The minimum Gasteiger partial charge on any atom is -0.455 e. The number of furan rings is 1. The number of hydrogen-bond acceptors (Lipinski definition) is 7. The lowest BCUT2D eigenvalue weighted by Gasteiger charge is -2.01. The molecule has 0 saturated heterocycles. The van der Waals surface area contributed by atoms with E-state index in [2.05, 4.69) is 20.5 Å². The highest BCUT2D eigenvalue weighted by molar-refractivity contribution is 6.33. The van der Waals surface area contributed by atoms with Crippen molar-refractivity contribution in [3.63, 3.8) is 0 Å². The van der Waals surface area contributed by atoms with Gasteiger partial charge in [0.2, 0.25) is 5.95 Å². The molecule has 0 radical (unpaired) electrons. The number of benzene rings is 1. The summed E-state index contributed by atoms with van der Waals surface area (Å²) in [6.45, 7) is 3.74. The number of nitrogens with one attached hydrogen (secondary N) is 1. The molecule has 1 aromatic carbocycles. The van der Waals surface area contributed by atoms with E-state index in [0.29, 0.717) is 23.0 Å². The Morgan fingerprint density at radius 1 is 1.19 bits per heavy atom. The summed E-state index contributed by atoms with van der Waals surface area (Å²) in [6, 6.07) is 9.48. The molecule has 2 aromatic heterocycles. The Labute approximate surface area is 153 Å². The van der Waals surface area contributed by atoms with Gasteiger partial charge in [0.1, 0.15) is 11.5 Å². The molecule has 0 unspecified atom stereocenters. The molecule has 0 aliphatic rings. The van der Waals surface area contributed by atoms with Crippen LogP contribution < -0.4 is 5.43 Å². The van der Waals surface area contributed by atoms with E-state index in [4.69, 9.17) is 16.0 Å². The monoisotopic (exact) mass is 371 g/mol. The highest BCUT2D eigenvalue weighted by Gasteiger charge is 2.13. The summed E-state index contributed by atoms with van der Waals surface area (Å²) in [5.41, 5.74) is 4.89. The molecule has 0 aliphatic carbocycles. The van der Waals surface area contributed by atoms with Gasteiger partial charge in [0.25, 0.3) is 5.69 Å². The Morgan fingerprint density at radius 3 is 2.58 bits per heavy atom. The quantitative estimate of drug-likeness (QED) is 0.405. The summed E-state index contributed by atoms with van der Waals surface area (Å²) in [5.74, 6) is 1.35. The van der Waals surface area contributed by atoms with E-state index in [0.717, 1.165) is 11.4 Å². The summed E-state index contributed by atoms with van der Waals surface area (Å²) in [7, 11) is 0. The van der Waals surface area contributed by atoms with Crippen molar-refractivity contribution in [3.8, 4) is 11.3 Å². The van der Waals surface area contributed by atoms with E-state index in [9.17, 15) is 10.1 Å². The number of non-ortho nitro benzene ring substituents is 1. The SMILES string of the molecule is Cc1cc(C)nc(N/N=C\c2ccc(-c3ccc([N+](=O)[O-])cc3Cl)o2)n1. The van der Waals surface area contributed by atoms with Crippen molar-refractivity contribution in [1.29, 1.82) is 0 Å². The molecule has 0 spiro atoms. The van der Waals surface area contributed by atoms with Gasteiger partial charge < -0.3 is 4.42 Å². The van der Waals surface area contributed by atoms with Gasteiger partial charge in [0, 0.05) is 29.1 Å². The van der Waals surface area contributed by atoms with E-state index in [1.54, 1.807) is 18.2 Å². The predicted molar refractivity (Wildman–Crippen MR) is 98.5 cm³/mol. The summed E-state index contributed by atoms with van der Waals surface area (Å²) in [6.07, 6.45) is 1.48.